The normalized spacial score (nSPS) is 16.9. The topological polar surface area (TPSA) is 46.2 Å². The van der Waals surface area contributed by atoms with Gasteiger partial charge in [-0.3, -0.25) is 0 Å². The maximum atomic E-state index is 13.6. The zero-order valence-corrected chi connectivity index (χ0v) is 11.6. The van der Waals surface area contributed by atoms with Gasteiger partial charge in [0.1, 0.15) is 5.82 Å². The summed E-state index contributed by atoms with van der Waals surface area (Å²) in [7, 11) is 0. The van der Waals surface area contributed by atoms with E-state index in [2.05, 4.69) is 22.6 Å². The van der Waals surface area contributed by atoms with E-state index in [-0.39, 0.29) is 11.7 Å². The molecule has 0 aromatic heterocycles. The van der Waals surface area contributed by atoms with Gasteiger partial charge in [0.15, 0.2) is 0 Å². The summed E-state index contributed by atoms with van der Waals surface area (Å²) >= 11 is 2.10. The van der Waals surface area contributed by atoms with Crippen LogP contribution in [0, 0.1) is 15.3 Å². The van der Waals surface area contributed by atoms with Crippen molar-refractivity contribution in [2.24, 2.45) is 11.7 Å². The molecule has 0 bridgehead atoms. The first-order chi connectivity index (χ1) is 7.47. The van der Waals surface area contributed by atoms with Gasteiger partial charge in [-0.25, -0.2) is 4.39 Å². The highest BCUT2D eigenvalue weighted by atomic mass is 127. The lowest BCUT2D eigenvalue weighted by atomic mass is 9.91. The molecule has 0 aliphatic heterocycles. The predicted octanol–water partition coefficient (Wildman–Crippen LogP) is 2.84. The molecular formula is C12H17FINO. The fourth-order valence-electron chi connectivity index (χ4n) is 1.55. The van der Waals surface area contributed by atoms with Gasteiger partial charge in [-0.2, -0.15) is 0 Å². The summed E-state index contributed by atoms with van der Waals surface area (Å²) in [6.07, 6.45) is 0.109. The molecule has 1 rings (SSSR count). The summed E-state index contributed by atoms with van der Waals surface area (Å²) in [5.74, 6) is -0.289. The first-order valence-corrected chi connectivity index (χ1v) is 6.43. The molecule has 0 aliphatic rings. The first-order valence-electron chi connectivity index (χ1n) is 5.36. The fraction of sp³-hybridized carbons (Fsp3) is 0.500. The van der Waals surface area contributed by atoms with Gasteiger partial charge >= 0.3 is 0 Å². The molecule has 1 aromatic carbocycles. The SMILES string of the molecule is CCC(C)[C@@H](O)[C@@H](N)c1cc(I)ccc1F. The molecule has 0 radical (unpaired) electrons. The Bertz CT molecular complexity index is 359. The molecule has 0 saturated carbocycles. The van der Waals surface area contributed by atoms with E-state index in [9.17, 15) is 9.50 Å². The van der Waals surface area contributed by atoms with Crippen LogP contribution in [0.2, 0.25) is 0 Å². The number of benzene rings is 1. The molecule has 0 aliphatic carbocycles. The summed E-state index contributed by atoms with van der Waals surface area (Å²) in [6, 6.07) is 4.10. The highest BCUT2D eigenvalue weighted by Gasteiger charge is 2.24. The van der Waals surface area contributed by atoms with Crippen LogP contribution in [0.5, 0.6) is 0 Å². The van der Waals surface area contributed by atoms with Gasteiger partial charge in [0, 0.05) is 9.13 Å². The summed E-state index contributed by atoms with van der Waals surface area (Å²) in [4.78, 5) is 0. The van der Waals surface area contributed by atoms with Crippen molar-refractivity contribution in [3.8, 4) is 0 Å². The van der Waals surface area contributed by atoms with Crippen LogP contribution in [-0.4, -0.2) is 11.2 Å². The first kappa shape index (κ1) is 13.9. The number of nitrogens with two attached hydrogens (primary N) is 1. The minimum absolute atomic E-state index is 0.0623. The second kappa shape index (κ2) is 5.93. The smallest absolute Gasteiger partial charge is 0.128 e. The zero-order chi connectivity index (χ0) is 12.3. The molecular weight excluding hydrogens is 320 g/mol. The number of hydrogen-bond acceptors (Lipinski definition) is 2. The summed E-state index contributed by atoms with van der Waals surface area (Å²) < 4.78 is 14.5. The number of halogens is 2. The minimum atomic E-state index is -0.710. The van der Waals surface area contributed by atoms with Crippen molar-refractivity contribution in [1.29, 1.82) is 0 Å². The Morgan fingerprint density at radius 3 is 2.69 bits per heavy atom. The largest absolute Gasteiger partial charge is 0.391 e. The van der Waals surface area contributed by atoms with E-state index >= 15 is 0 Å². The lowest BCUT2D eigenvalue weighted by Crippen LogP contribution is -2.32. The van der Waals surface area contributed by atoms with Gasteiger partial charge in [-0.15, -0.1) is 0 Å². The van der Waals surface area contributed by atoms with Gasteiger partial charge in [-0.05, 0) is 46.7 Å². The quantitative estimate of drug-likeness (QED) is 0.830. The van der Waals surface area contributed by atoms with E-state index in [4.69, 9.17) is 5.73 Å². The van der Waals surface area contributed by atoms with Crippen molar-refractivity contribution in [2.75, 3.05) is 0 Å². The van der Waals surface area contributed by atoms with Gasteiger partial charge in [-0.1, -0.05) is 20.3 Å². The Morgan fingerprint density at radius 1 is 1.50 bits per heavy atom. The van der Waals surface area contributed by atoms with Crippen LogP contribution in [-0.2, 0) is 0 Å². The molecule has 1 unspecified atom stereocenters. The summed E-state index contributed by atoms with van der Waals surface area (Å²) in [6.45, 7) is 3.89. The van der Waals surface area contributed by atoms with Gasteiger partial charge in [0.25, 0.3) is 0 Å². The van der Waals surface area contributed by atoms with E-state index in [0.29, 0.717) is 5.56 Å². The van der Waals surface area contributed by atoms with E-state index < -0.39 is 12.1 Å². The third-order valence-corrected chi connectivity index (χ3v) is 3.58. The second-order valence-corrected chi connectivity index (χ2v) is 5.31. The van der Waals surface area contributed by atoms with Crippen molar-refractivity contribution < 1.29 is 9.50 Å². The lowest BCUT2D eigenvalue weighted by molar-refractivity contribution is 0.0867. The van der Waals surface area contributed by atoms with Crippen molar-refractivity contribution in [3.05, 3.63) is 33.1 Å². The molecule has 0 amide bonds. The molecule has 0 fully saturated rings. The van der Waals surface area contributed by atoms with Gasteiger partial charge in [0.2, 0.25) is 0 Å². The molecule has 16 heavy (non-hydrogen) atoms. The lowest BCUT2D eigenvalue weighted by Gasteiger charge is -2.24. The number of rotatable bonds is 4. The van der Waals surface area contributed by atoms with E-state index in [1.807, 2.05) is 13.8 Å². The Hall–Kier alpha value is -0.200. The van der Waals surface area contributed by atoms with Gasteiger partial charge < -0.3 is 10.8 Å². The molecule has 3 atom stereocenters. The number of hydrogen-bond donors (Lipinski definition) is 2. The minimum Gasteiger partial charge on any atom is -0.391 e. The van der Waals surface area contributed by atoms with Crippen LogP contribution in [0.25, 0.3) is 0 Å². The number of aliphatic hydroxyl groups excluding tert-OH is 1. The van der Waals surface area contributed by atoms with Crippen molar-refractivity contribution in [2.45, 2.75) is 32.4 Å². The van der Waals surface area contributed by atoms with E-state index in [0.717, 1.165) is 9.99 Å². The predicted molar refractivity (Wildman–Crippen MR) is 71.5 cm³/mol. The molecule has 90 valence electrons. The number of aliphatic hydroxyl groups is 1. The van der Waals surface area contributed by atoms with Gasteiger partial charge in [0.05, 0.1) is 12.1 Å². The van der Waals surface area contributed by atoms with Crippen molar-refractivity contribution in [1.82, 2.24) is 0 Å². The monoisotopic (exact) mass is 337 g/mol. The molecule has 3 N–H and O–H groups in total. The highest BCUT2D eigenvalue weighted by molar-refractivity contribution is 14.1. The van der Waals surface area contributed by atoms with Crippen molar-refractivity contribution in [3.63, 3.8) is 0 Å². The van der Waals surface area contributed by atoms with Crippen LogP contribution in [0.15, 0.2) is 18.2 Å². The molecule has 4 heteroatoms. The van der Waals surface area contributed by atoms with E-state index in [1.54, 1.807) is 12.1 Å². The summed E-state index contributed by atoms with van der Waals surface area (Å²) in [5.41, 5.74) is 6.28. The maximum Gasteiger partial charge on any atom is 0.128 e. The molecule has 1 aromatic rings. The van der Waals surface area contributed by atoms with Crippen LogP contribution in [0.1, 0.15) is 31.9 Å². The average Bonchev–Trinajstić information content (AvgIpc) is 2.29. The molecule has 0 heterocycles. The van der Waals surface area contributed by atoms with Crippen LogP contribution in [0.4, 0.5) is 4.39 Å². The van der Waals surface area contributed by atoms with E-state index in [1.165, 1.54) is 6.07 Å². The Balaban J connectivity index is 2.95. The second-order valence-electron chi connectivity index (χ2n) is 4.07. The highest BCUT2D eigenvalue weighted by Crippen LogP contribution is 2.25. The van der Waals surface area contributed by atoms with Crippen LogP contribution < -0.4 is 5.73 Å². The fourth-order valence-corrected chi connectivity index (χ4v) is 2.06. The summed E-state index contributed by atoms with van der Waals surface area (Å²) in [5, 5.41) is 9.96. The third-order valence-electron chi connectivity index (χ3n) is 2.91. The van der Waals surface area contributed by atoms with Crippen molar-refractivity contribution >= 4 is 22.6 Å². The van der Waals surface area contributed by atoms with Crippen LogP contribution in [0.3, 0.4) is 0 Å². The molecule has 2 nitrogen and oxygen atoms in total. The standard InChI is InChI=1S/C12H17FINO/c1-3-7(2)12(16)11(15)9-6-8(14)4-5-10(9)13/h4-7,11-12,16H,3,15H2,1-2H3/t7?,11-,12+/m0/s1. The molecule has 0 saturated heterocycles. The average molecular weight is 337 g/mol. The molecule has 0 spiro atoms. The zero-order valence-electron chi connectivity index (χ0n) is 9.45. The van der Waals surface area contributed by atoms with Crippen LogP contribution >= 0.6 is 22.6 Å². The maximum absolute atomic E-state index is 13.6. The Labute approximate surface area is 109 Å². The Morgan fingerprint density at radius 2 is 2.12 bits per heavy atom. The third kappa shape index (κ3) is 3.15. The Kier molecular flexibility index (Phi) is 5.14.